The van der Waals surface area contributed by atoms with Gasteiger partial charge < -0.3 is 14.7 Å². The lowest BCUT2D eigenvalue weighted by molar-refractivity contribution is -0.909. The summed E-state index contributed by atoms with van der Waals surface area (Å²) in [6, 6.07) is 4.23. The van der Waals surface area contributed by atoms with Crippen LogP contribution < -0.4 is 4.57 Å². The van der Waals surface area contributed by atoms with E-state index in [-0.39, 0.29) is 13.2 Å². The zero-order valence-corrected chi connectivity index (χ0v) is 10.8. The van der Waals surface area contributed by atoms with Crippen molar-refractivity contribution in [2.45, 2.75) is 6.42 Å². The summed E-state index contributed by atoms with van der Waals surface area (Å²) < 4.78 is 2.73. The molecule has 0 atom stereocenters. The summed E-state index contributed by atoms with van der Waals surface area (Å²) in [4.78, 5) is 0. The third-order valence-electron chi connectivity index (χ3n) is 3.27. The first-order chi connectivity index (χ1) is 8.09. The van der Waals surface area contributed by atoms with E-state index in [4.69, 9.17) is 10.2 Å². The van der Waals surface area contributed by atoms with Crippen molar-refractivity contribution in [2.75, 3.05) is 39.9 Å². The lowest BCUT2D eigenvalue weighted by Gasteiger charge is -2.33. The van der Waals surface area contributed by atoms with Crippen molar-refractivity contribution in [3.63, 3.8) is 0 Å². The number of aliphatic hydroxyl groups excluding tert-OH is 2. The standard InChI is InChI=1S/C13H24N2O2/c1-14-6-3-13(4-7-14)5-8-15(2,9-11-16)10-12-17/h3-4,6-7,16-17H,5,8-12H2,1-2H3/q+2. The van der Waals surface area contributed by atoms with E-state index in [1.807, 2.05) is 24.0 Å². The van der Waals surface area contributed by atoms with Gasteiger partial charge in [-0.15, -0.1) is 0 Å². The second-order valence-electron chi connectivity index (χ2n) is 4.86. The maximum atomic E-state index is 9.06. The van der Waals surface area contributed by atoms with Crippen molar-refractivity contribution in [2.24, 2.45) is 7.05 Å². The zero-order valence-electron chi connectivity index (χ0n) is 10.8. The van der Waals surface area contributed by atoms with Crippen molar-refractivity contribution >= 4 is 0 Å². The first-order valence-electron chi connectivity index (χ1n) is 6.09. The van der Waals surface area contributed by atoms with E-state index >= 15 is 0 Å². The van der Waals surface area contributed by atoms with E-state index in [0.717, 1.165) is 13.0 Å². The topological polar surface area (TPSA) is 44.3 Å². The maximum Gasteiger partial charge on any atom is 0.168 e. The van der Waals surface area contributed by atoms with Crippen LogP contribution in [0.4, 0.5) is 0 Å². The van der Waals surface area contributed by atoms with E-state index < -0.39 is 0 Å². The van der Waals surface area contributed by atoms with Crippen LogP contribution in [-0.2, 0) is 13.5 Å². The fraction of sp³-hybridized carbons (Fsp3) is 0.615. The molecule has 17 heavy (non-hydrogen) atoms. The molecule has 0 unspecified atom stereocenters. The van der Waals surface area contributed by atoms with E-state index in [0.29, 0.717) is 17.6 Å². The Hall–Kier alpha value is -0.970. The van der Waals surface area contributed by atoms with Gasteiger partial charge in [-0.1, -0.05) is 0 Å². The molecule has 4 nitrogen and oxygen atoms in total. The molecule has 0 bridgehead atoms. The molecule has 0 aromatic carbocycles. The average Bonchev–Trinajstić information content (AvgIpc) is 2.29. The van der Waals surface area contributed by atoms with Gasteiger partial charge in [0.25, 0.3) is 0 Å². The number of likely N-dealkylation sites (N-methyl/N-ethyl adjacent to an activating group) is 1. The molecule has 0 radical (unpaired) electrons. The van der Waals surface area contributed by atoms with Crippen LogP contribution in [0.25, 0.3) is 0 Å². The van der Waals surface area contributed by atoms with Gasteiger partial charge in [0.15, 0.2) is 12.4 Å². The summed E-state index contributed by atoms with van der Waals surface area (Å²) >= 11 is 0. The van der Waals surface area contributed by atoms with Crippen LogP contribution >= 0.6 is 0 Å². The van der Waals surface area contributed by atoms with Gasteiger partial charge in [-0.3, -0.25) is 0 Å². The fourth-order valence-corrected chi connectivity index (χ4v) is 1.92. The number of hydrogen-bond donors (Lipinski definition) is 2. The van der Waals surface area contributed by atoms with Crippen molar-refractivity contribution in [3.05, 3.63) is 30.1 Å². The fourth-order valence-electron chi connectivity index (χ4n) is 1.92. The Morgan fingerprint density at radius 3 is 2.06 bits per heavy atom. The van der Waals surface area contributed by atoms with E-state index in [9.17, 15) is 0 Å². The van der Waals surface area contributed by atoms with Gasteiger partial charge in [-0.25, -0.2) is 4.57 Å². The summed E-state index contributed by atoms with van der Waals surface area (Å²) in [5.74, 6) is 0. The second kappa shape index (κ2) is 6.69. The molecule has 0 aliphatic heterocycles. The highest BCUT2D eigenvalue weighted by molar-refractivity contribution is 5.07. The van der Waals surface area contributed by atoms with Crippen LogP contribution in [0.1, 0.15) is 5.56 Å². The molecule has 0 aliphatic carbocycles. The largest absolute Gasteiger partial charge is 0.391 e. The highest BCUT2D eigenvalue weighted by Crippen LogP contribution is 2.06. The summed E-state index contributed by atoms with van der Waals surface area (Å²) in [6.07, 6.45) is 5.05. The molecular formula is C13H24N2O2+2. The summed E-state index contributed by atoms with van der Waals surface area (Å²) in [6.45, 7) is 2.66. The number of quaternary nitrogens is 1. The molecule has 2 N–H and O–H groups in total. The van der Waals surface area contributed by atoms with E-state index in [1.165, 1.54) is 5.56 Å². The number of hydrogen-bond acceptors (Lipinski definition) is 2. The van der Waals surface area contributed by atoms with Crippen LogP contribution in [0.3, 0.4) is 0 Å². The molecule has 1 aromatic heterocycles. The molecular weight excluding hydrogens is 216 g/mol. The summed E-state index contributed by atoms with van der Waals surface area (Å²) in [5, 5.41) is 18.1. The first-order valence-corrected chi connectivity index (χ1v) is 6.09. The van der Waals surface area contributed by atoms with E-state index in [1.54, 1.807) is 0 Å². The van der Waals surface area contributed by atoms with Crippen LogP contribution in [0.15, 0.2) is 24.5 Å². The van der Waals surface area contributed by atoms with Crippen molar-refractivity contribution in [3.8, 4) is 0 Å². The summed E-state index contributed by atoms with van der Waals surface area (Å²) in [5.41, 5.74) is 1.29. The average molecular weight is 240 g/mol. The monoisotopic (exact) mass is 240 g/mol. The predicted molar refractivity (Wildman–Crippen MR) is 66.3 cm³/mol. The van der Waals surface area contributed by atoms with Gasteiger partial charge in [0.05, 0.1) is 26.8 Å². The second-order valence-corrected chi connectivity index (χ2v) is 4.86. The van der Waals surface area contributed by atoms with Crippen molar-refractivity contribution in [1.29, 1.82) is 0 Å². The Labute approximate surface area is 103 Å². The molecule has 1 heterocycles. The van der Waals surface area contributed by atoms with Crippen LogP contribution in [0.2, 0.25) is 0 Å². The normalized spacial score (nSPS) is 11.8. The highest BCUT2D eigenvalue weighted by atomic mass is 16.3. The van der Waals surface area contributed by atoms with Gasteiger partial charge >= 0.3 is 0 Å². The zero-order chi connectivity index (χ0) is 12.7. The Kier molecular flexibility index (Phi) is 5.55. The number of aryl methyl sites for hydroxylation is 1. The number of nitrogens with zero attached hydrogens (tertiary/aromatic N) is 2. The quantitative estimate of drug-likeness (QED) is 0.498. The van der Waals surface area contributed by atoms with Crippen LogP contribution in [0, 0.1) is 0 Å². The summed E-state index contributed by atoms with van der Waals surface area (Å²) in [7, 11) is 4.08. The number of aromatic nitrogens is 1. The Morgan fingerprint density at radius 1 is 1.06 bits per heavy atom. The molecule has 0 saturated carbocycles. The maximum absolute atomic E-state index is 9.06. The number of rotatable bonds is 7. The third-order valence-corrected chi connectivity index (χ3v) is 3.27. The Bertz CT molecular complexity index is 319. The molecule has 0 amide bonds. The smallest absolute Gasteiger partial charge is 0.168 e. The van der Waals surface area contributed by atoms with Gasteiger partial charge in [-0.05, 0) is 5.56 Å². The van der Waals surface area contributed by atoms with Gasteiger partial charge in [0.2, 0.25) is 0 Å². The Balaban J connectivity index is 2.54. The van der Waals surface area contributed by atoms with Crippen LogP contribution in [-0.4, -0.2) is 54.6 Å². The SMILES string of the molecule is C[n+]1ccc(CC[N+](C)(CCO)CCO)cc1. The minimum Gasteiger partial charge on any atom is -0.391 e. The van der Waals surface area contributed by atoms with Gasteiger partial charge in [0, 0.05) is 18.6 Å². The number of pyridine rings is 1. The van der Waals surface area contributed by atoms with Crippen LogP contribution in [0.5, 0.6) is 0 Å². The Morgan fingerprint density at radius 2 is 1.59 bits per heavy atom. The molecule has 96 valence electrons. The number of aliphatic hydroxyl groups is 2. The first kappa shape index (κ1) is 14.1. The molecule has 0 fully saturated rings. The molecule has 1 rings (SSSR count). The molecule has 0 spiro atoms. The molecule has 0 aliphatic rings. The van der Waals surface area contributed by atoms with Crippen molar-refractivity contribution in [1.82, 2.24) is 0 Å². The van der Waals surface area contributed by atoms with E-state index in [2.05, 4.69) is 19.2 Å². The third kappa shape index (κ3) is 4.81. The minimum atomic E-state index is 0.167. The molecule has 4 heteroatoms. The lowest BCUT2D eigenvalue weighted by Crippen LogP contribution is -2.49. The molecule has 0 saturated heterocycles. The lowest BCUT2D eigenvalue weighted by atomic mass is 10.1. The predicted octanol–water partition coefficient (Wildman–Crippen LogP) is -0.515. The molecule has 1 aromatic rings. The highest BCUT2D eigenvalue weighted by Gasteiger charge is 2.20. The van der Waals surface area contributed by atoms with Crippen molar-refractivity contribution < 1.29 is 19.3 Å². The van der Waals surface area contributed by atoms with Gasteiger partial charge in [0.1, 0.15) is 20.1 Å². The van der Waals surface area contributed by atoms with Gasteiger partial charge in [-0.2, -0.15) is 0 Å². The minimum absolute atomic E-state index is 0.167.